The van der Waals surface area contributed by atoms with Crippen LogP contribution in [0.15, 0.2) is 89.9 Å². The number of ether oxygens (including phenoxy) is 1. The van der Waals surface area contributed by atoms with Gasteiger partial charge in [0.25, 0.3) is 0 Å². The van der Waals surface area contributed by atoms with Crippen LogP contribution in [0.1, 0.15) is 0 Å². The third kappa shape index (κ3) is 3.04. The van der Waals surface area contributed by atoms with Crippen molar-refractivity contribution in [2.75, 3.05) is 7.11 Å². The second-order valence-corrected chi connectivity index (χ2v) is 7.70. The van der Waals surface area contributed by atoms with E-state index in [2.05, 4.69) is 20.3 Å². The molecule has 6 rings (SSSR count). The number of nitrogens with zero attached hydrogens (tertiary/aromatic N) is 4. The van der Waals surface area contributed by atoms with Crippen LogP contribution in [0.2, 0.25) is 0 Å². The summed E-state index contributed by atoms with van der Waals surface area (Å²) in [4.78, 5) is 4.24. The van der Waals surface area contributed by atoms with Gasteiger partial charge in [0.05, 0.1) is 18.2 Å². The molecule has 4 aromatic heterocycles. The number of methoxy groups -OCH3 is 1. The molecule has 0 spiro atoms. The smallest absolute Gasteiger partial charge is 0.222 e. The van der Waals surface area contributed by atoms with E-state index in [0.29, 0.717) is 17.0 Å². The highest BCUT2D eigenvalue weighted by molar-refractivity contribution is 6.07. The van der Waals surface area contributed by atoms with Gasteiger partial charge in [-0.2, -0.15) is 5.10 Å². The van der Waals surface area contributed by atoms with Gasteiger partial charge < -0.3 is 14.4 Å². The number of benzene rings is 2. The molecule has 0 unspecified atom stereocenters. The molecule has 0 fully saturated rings. The van der Waals surface area contributed by atoms with Crippen molar-refractivity contribution in [1.82, 2.24) is 24.9 Å². The third-order valence-corrected chi connectivity index (χ3v) is 5.82. The van der Waals surface area contributed by atoms with Crippen LogP contribution in [0.4, 0.5) is 0 Å². The quantitative estimate of drug-likeness (QED) is 0.363. The summed E-state index contributed by atoms with van der Waals surface area (Å²) in [6.45, 7) is 0. The van der Waals surface area contributed by atoms with Crippen molar-refractivity contribution in [2.24, 2.45) is 0 Å². The normalized spacial score (nSPS) is 11.2. The Balaban J connectivity index is 1.65. The molecule has 0 aliphatic rings. The fourth-order valence-corrected chi connectivity index (χ4v) is 4.27. The van der Waals surface area contributed by atoms with E-state index in [1.807, 2.05) is 60.7 Å². The molecule has 34 heavy (non-hydrogen) atoms. The summed E-state index contributed by atoms with van der Waals surface area (Å²) in [7, 11) is 1.63. The maximum atomic E-state index is 11.4. The Labute approximate surface area is 194 Å². The number of rotatable bonds is 5. The SMILES string of the molecule is COc1ccccc1-c1c2c(-c3cccnc3)n[nH]c2c(O)n1-c1ccc(-c2ccon2)cc1. The zero-order chi connectivity index (χ0) is 23.1. The number of pyridine rings is 1. The van der Waals surface area contributed by atoms with Gasteiger partial charge in [-0.1, -0.05) is 29.4 Å². The van der Waals surface area contributed by atoms with Gasteiger partial charge in [-0.3, -0.25) is 14.6 Å². The van der Waals surface area contributed by atoms with Crippen LogP contribution in [0.5, 0.6) is 11.6 Å². The number of fused-ring (bicyclic) bond motifs is 1. The standard InChI is InChI=1S/C26H19N5O3/c1-33-21-7-3-2-6-19(21)25-22-23(17-5-4-13-27-15-17)28-29-24(22)26(32)31(25)18-10-8-16(9-11-18)20-12-14-34-30-20/h2-15,29,32H,1H3. The highest BCUT2D eigenvalue weighted by Crippen LogP contribution is 2.46. The van der Waals surface area contributed by atoms with E-state index >= 15 is 0 Å². The molecule has 0 atom stereocenters. The summed E-state index contributed by atoms with van der Waals surface area (Å²) in [5.41, 5.74) is 6.05. The number of H-pyrrole nitrogens is 1. The summed E-state index contributed by atoms with van der Waals surface area (Å²) in [5, 5.41) is 23.7. The molecule has 2 aromatic carbocycles. The molecule has 0 bridgehead atoms. The Kier molecular flexibility index (Phi) is 4.62. The van der Waals surface area contributed by atoms with Gasteiger partial charge in [0, 0.05) is 40.8 Å². The first-order chi connectivity index (χ1) is 16.8. The highest BCUT2D eigenvalue weighted by atomic mass is 16.5. The van der Waals surface area contributed by atoms with Crippen molar-refractivity contribution < 1.29 is 14.4 Å². The predicted octanol–water partition coefficient (Wildman–Crippen LogP) is 5.45. The van der Waals surface area contributed by atoms with Gasteiger partial charge in [-0.25, -0.2) is 0 Å². The average molecular weight is 449 g/mol. The lowest BCUT2D eigenvalue weighted by Crippen LogP contribution is -1.99. The first kappa shape index (κ1) is 19.8. The summed E-state index contributed by atoms with van der Waals surface area (Å²) in [6.07, 6.45) is 5.01. The van der Waals surface area contributed by atoms with E-state index in [-0.39, 0.29) is 5.88 Å². The molecular weight excluding hydrogens is 430 g/mol. The maximum absolute atomic E-state index is 11.4. The zero-order valence-electron chi connectivity index (χ0n) is 18.1. The number of aromatic amines is 1. The summed E-state index contributed by atoms with van der Waals surface area (Å²) in [5.74, 6) is 0.730. The van der Waals surface area contributed by atoms with E-state index in [9.17, 15) is 5.11 Å². The van der Waals surface area contributed by atoms with Crippen LogP contribution in [-0.4, -0.2) is 37.1 Å². The van der Waals surface area contributed by atoms with Crippen molar-refractivity contribution >= 4 is 10.9 Å². The summed E-state index contributed by atoms with van der Waals surface area (Å²) in [6, 6.07) is 21.1. The van der Waals surface area contributed by atoms with Crippen molar-refractivity contribution in [1.29, 1.82) is 0 Å². The lowest BCUT2D eigenvalue weighted by molar-refractivity contribution is 0.416. The molecule has 8 heteroatoms. The second kappa shape index (κ2) is 7.93. The number of aromatic hydroxyl groups is 1. The highest BCUT2D eigenvalue weighted by Gasteiger charge is 2.26. The number of hydrogen-bond donors (Lipinski definition) is 2. The topological polar surface area (TPSA) is 102 Å². The van der Waals surface area contributed by atoms with E-state index in [0.717, 1.165) is 39.2 Å². The molecule has 0 aliphatic carbocycles. The Hall–Kier alpha value is -4.85. The van der Waals surface area contributed by atoms with Crippen molar-refractivity contribution in [3.05, 3.63) is 85.4 Å². The number of nitrogens with one attached hydrogen (secondary N) is 1. The predicted molar refractivity (Wildman–Crippen MR) is 128 cm³/mol. The van der Waals surface area contributed by atoms with Gasteiger partial charge in [0.1, 0.15) is 28.9 Å². The van der Waals surface area contributed by atoms with Crippen LogP contribution >= 0.6 is 0 Å². The fraction of sp³-hybridized carbons (Fsp3) is 0.0385. The Morgan fingerprint density at radius 1 is 0.971 bits per heavy atom. The number of hydrogen-bond acceptors (Lipinski definition) is 6. The van der Waals surface area contributed by atoms with Crippen LogP contribution in [0.25, 0.3) is 50.4 Å². The van der Waals surface area contributed by atoms with E-state index in [1.54, 1.807) is 30.1 Å². The van der Waals surface area contributed by atoms with Gasteiger partial charge in [0.2, 0.25) is 5.88 Å². The largest absolute Gasteiger partial charge is 0.496 e. The number of para-hydroxylation sites is 1. The Bertz CT molecular complexity index is 1580. The van der Waals surface area contributed by atoms with Gasteiger partial charge >= 0.3 is 0 Å². The molecule has 0 aliphatic heterocycles. The fourth-order valence-electron chi connectivity index (χ4n) is 4.27. The second-order valence-electron chi connectivity index (χ2n) is 7.70. The van der Waals surface area contributed by atoms with Crippen LogP contribution in [0, 0.1) is 0 Å². The molecule has 6 aromatic rings. The monoisotopic (exact) mass is 449 g/mol. The molecule has 2 N–H and O–H groups in total. The minimum Gasteiger partial charge on any atom is -0.496 e. The van der Waals surface area contributed by atoms with Crippen LogP contribution in [-0.2, 0) is 0 Å². The molecule has 0 radical (unpaired) electrons. The minimum absolute atomic E-state index is 0.0488. The third-order valence-electron chi connectivity index (χ3n) is 5.82. The number of aromatic nitrogens is 5. The molecule has 166 valence electrons. The molecule has 4 heterocycles. The average Bonchev–Trinajstić information content (AvgIpc) is 3.63. The lowest BCUT2D eigenvalue weighted by Gasteiger charge is -2.14. The molecule has 0 saturated carbocycles. The Morgan fingerprint density at radius 3 is 2.56 bits per heavy atom. The van der Waals surface area contributed by atoms with E-state index in [1.165, 1.54) is 6.26 Å². The van der Waals surface area contributed by atoms with Crippen LogP contribution in [0.3, 0.4) is 0 Å². The maximum Gasteiger partial charge on any atom is 0.222 e. The van der Waals surface area contributed by atoms with Crippen molar-refractivity contribution in [3.8, 4) is 51.1 Å². The zero-order valence-corrected chi connectivity index (χ0v) is 18.1. The van der Waals surface area contributed by atoms with Gasteiger partial charge in [-0.15, -0.1) is 0 Å². The lowest BCUT2D eigenvalue weighted by atomic mass is 10.0. The summed E-state index contributed by atoms with van der Waals surface area (Å²) < 4.78 is 12.4. The Morgan fingerprint density at radius 2 is 1.82 bits per heavy atom. The van der Waals surface area contributed by atoms with Gasteiger partial charge in [0.15, 0.2) is 0 Å². The molecule has 0 saturated heterocycles. The van der Waals surface area contributed by atoms with Gasteiger partial charge in [-0.05, 0) is 36.4 Å². The molecule has 0 amide bonds. The minimum atomic E-state index is 0.0488. The summed E-state index contributed by atoms with van der Waals surface area (Å²) >= 11 is 0. The molecule has 8 nitrogen and oxygen atoms in total. The van der Waals surface area contributed by atoms with Crippen molar-refractivity contribution in [3.63, 3.8) is 0 Å². The first-order valence-electron chi connectivity index (χ1n) is 10.6. The van der Waals surface area contributed by atoms with E-state index in [4.69, 9.17) is 9.26 Å². The van der Waals surface area contributed by atoms with E-state index < -0.39 is 0 Å². The van der Waals surface area contributed by atoms with Crippen molar-refractivity contribution in [2.45, 2.75) is 0 Å². The van der Waals surface area contributed by atoms with Crippen LogP contribution < -0.4 is 4.74 Å². The molecular formula is C26H19N5O3. The first-order valence-corrected chi connectivity index (χ1v) is 10.6.